The molecule has 1 N–H and O–H groups in total. The van der Waals surface area contributed by atoms with E-state index >= 15 is 0 Å². The van der Waals surface area contributed by atoms with Crippen molar-refractivity contribution in [1.82, 2.24) is 5.06 Å². The molecule has 4 heteroatoms. The third kappa shape index (κ3) is 7.34. The fourth-order valence-electron chi connectivity index (χ4n) is 0.940. The fraction of sp³-hybridized carbons (Fsp3) is 0.875. The lowest BCUT2D eigenvalue weighted by Crippen LogP contribution is -2.23. The van der Waals surface area contributed by atoms with Gasteiger partial charge in [0.25, 0.3) is 0 Å². The Morgan fingerprint density at radius 1 is 1.42 bits per heavy atom. The zero-order valence-corrected chi connectivity index (χ0v) is 7.75. The molecule has 12 heavy (non-hydrogen) atoms. The van der Waals surface area contributed by atoms with Crippen molar-refractivity contribution in [2.24, 2.45) is 0 Å². The van der Waals surface area contributed by atoms with Crippen molar-refractivity contribution in [3.8, 4) is 0 Å². The Morgan fingerprint density at radius 3 is 2.58 bits per heavy atom. The van der Waals surface area contributed by atoms with Crippen molar-refractivity contribution in [2.45, 2.75) is 32.6 Å². The molecular weight excluding hydrogens is 158 g/mol. The Balaban J connectivity index is 3.19. The monoisotopic (exact) mass is 175 g/mol. The summed E-state index contributed by atoms with van der Waals surface area (Å²) in [6.45, 7) is 2.81. The van der Waals surface area contributed by atoms with Crippen LogP contribution in [0.1, 0.15) is 32.6 Å². The van der Waals surface area contributed by atoms with Crippen LogP contribution in [-0.2, 0) is 4.84 Å². The second-order valence-electron chi connectivity index (χ2n) is 2.77. The van der Waals surface area contributed by atoms with Gasteiger partial charge >= 0.3 is 6.16 Å². The van der Waals surface area contributed by atoms with Crippen LogP contribution in [0.3, 0.4) is 0 Å². The Morgan fingerprint density at radius 2 is 2.08 bits per heavy atom. The molecule has 0 rings (SSSR count). The molecule has 0 saturated carbocycles. The molecule has 0 fully saturated rings. The lowest BCUT2D eigenvalue weighted by atomic mass is 10.2. The van der Waals surface area contributed by atoms with E-state index in [1.165, 1.54) is 17.9 Å². The molecule has 0 saturated heterocycles. The summed E-state index contributed by atoms with van der Waals surface area (Å²) in [6.07, 6.45) is 3.25. The van der Waals surface area contributed by atoms with E-state index in [-0.39, 0.29) is 0 Å². The summed E-state index contributed by atoms with van der Waals surface area (Å²) < 4.78 is 0. The highest BCUT2D eigenvalue weighted by molar-refractivity contribution is 5.56. The van der Waals surface area contributed by atoms with E-state index in [4.69, 9.17) is 5.11 Å². The molecule has 0 aromatic heterocycles. The summed E-state index contributed by atoms with van der Waals surface area (Å²) in [5, 5.41) is 9.57. The minimum absolute atomic E-state index is 0.673. The third-order valence-corrected chi connectivity index (χ3v) is 1.56. The maximum absolute atomic E-state index is 10.0. The van der Waals surface area contributed by atoms with Crippen LogP contribution >= 0.6 is 0 Å². The van der Waals surface area contributed by atoms with Crippen molar-refractivity contribution in [2.75, 3.05) is 13.6 Å². The molecule has 0 bridgehead atoms. The number of carboxylic acid groups (broad SMARTS) is 1. The first-order valence-corrected chi connectivity index (χ1v) is 4.28. The van der Waals surface area contributed by atoms with Gasteiger partial charge in [-0.25, -0.2) is 4.79 Å². The quantitative estimate of drug-likeness (QED) is 0.496. The summed E-state index contributed by atoms with van der Waals surface area (Å²) in [7, 11) is 1.63. The van der Waals surface area contributed by atoms with Crippen LogP contribution in [-0.4, -0.2) is 29.9 Å². The lowest BCUT2D eigenvalue weighted by molar-refractivity contribution is -0.100. The SMILES string of the molecule is CCCCCCN(C)OC(=O)O. The lowest BCUT2D eigenvalue weighted by Gasteiger charge is -2.12. The topological polar surface area (TPSA) is 49.8 Å². The number of carbonyl (C=O) groups is 1. The molecule has 4 nitrogen and oxygen atoms in total. The molecule has 0 aliphatic rings. The van der Waals surface area contributed by atoms with Gasteiger partial charge in [0.1, 0.15) is 0 Å². The molecule has 0 aliphatic heterocycles. The number of hydrogen-bond acceptors (Lipinski definition) is 3. The number of hydrogen-bond donors (Lipinski definition) is 1. The summed E-state index contributed by atoms with van der Waals surface area (Å²) in [5.74, 6) is 0. The van der Waals surface area contributed by atoms with Crippen LogP contribution in [0.5, 0.6) is 0 Å². The average molecular weight is 175 g/mol. The molecule has 0 aromatic carbocycles. The van der Waals surface area contributed by atoms with Crippen molar-refractivity contribution in [3.63, 3.8) is 0 Å². The van der Waals surface area contributed by atoms with Crippen molar-refractivity contribution < 1.29 is 14.7 Å². The molecule has 0 aliphatic carbocycles. The van der Waals surface area contributed by atoms with Gasteiger partial charge in [0.05, 0.1) is 0 Å². The number of rotatable bonds is 6. The van der Waals surface area contributed by atoms with Gasteiger partial charge in [0, 0.05) is 13.6 Å². The van der Waals surface area contributed by atoms with Crippen LogP contribution in [0.4, 0.5) is 4.79 Å². The smallest absolute Gasteiger partial charge is 0.448 e. The first-order chi connectivity index (χ1) is 5.66. The largest absolute Gasteiger partial charge is 0.525 e. The van der Waals surface area contributed by atoms with Crippen molar-refractivity contribution in [1.29, 1.82) is 0 Å². The third-order valence-electron chi connectivity index (χ3n) is 1.56. The zero-order valence-electron chi connectivity index (χ0n) is 7.75. The maximum Gasteiger partial charge on any atom is 0.525 e. The summed E-state index contributed by atoms with van der Waals surface area (Å²) >= 11 is 0. The molecule has 0 spiro atoms. The van der Waals surface area contributed by atoms with Gasteiger partial charge in [-0.3, -0.25) is 0 Å². The summed E-state index contributed by atoms with van der Waals surface area (Å²) in [6, 6.07) is 0. The van der Waals surface area contributed by atoms with E-state index in [1.807, 2.05) is 0 Å². The van der Waals surface area contributed by atoms with Crippen LogP contribution in [0, 0.1) is 0 Å². The second kappa shape index (κ2) is 6.91. The first kappa shape index (κ1) is 11.2. The molecule has 0 aromatic rings. The van der Waals surface area contributed by atoms with Crippen molar-refractivity contribution >= 4 is 6.16 Å². The van der Waals surface area contributed by atoms with Gasteiger partial charge in [-0.2, -0.15) is 0 Å². The standard InChI is InChI=1S/C8H17NO3/c1-3-4-5-6-7-9(2)12-8(10)11/h3-7H2,1-2H3,(H,10,11). The van der Waals surface area contributed by atoms with E-state index in [9.17, 15) is 4.79 Å². The van der Waals surface area contributed by atoms with Crippen LogP contribution in [0.2, 0.25) is 0 Å². The fourth-order valence-corrected chi connectivity index (χ4v) is 0.940. The summed E-state index contributed by atoms with van der Waals surface area (Å²) in [5.41, 5.74) is 0. The first-order valence-electron chi connectivity index (χ1n) is 4.28. The molecule has 0 heterocycles. The van der Waals surface area contributed by atoms with E-state index in [2.05, 4.69) is 11.8 Å². The Bertz CT molecular complexity index is 127. The van der Waals surface area contributed by atoms with E-state index < -0.39 is 6.16 Å². The van der Waals surface area contributed by atoms with Gasteiger partial charge in [-0.15, -0.1) is 5.06 Å². The Hall–Kier alpha value is -0.770. The number of hydroxylamine groups is 2. The number of nitrogens with zero attached hydrogens (tertiary/aromatic N) is 1. The molecule has 72 valence electrons. The predicted octanol–water partition coefficient (Wildman–Crippen LogP) is 2.11. The molecule has 0 atom stereocenters. The minimum Gasteiger partial charge on any atom is -0.448 e. The van der Waals surface area contributed by atoms with Crippen molar-refractivity contribution in [3.05, 3.63) is 0 Å². The highest BCUT2D eigenvalue weighted by Gasteiger charge is 2.02. The average Bonchev–Trinajstić information content (AvgIpc) is 1.97. The maximum atomic E-state index is 10.0. The Labute approximate surface area is 73.1 Å². The van der Waals surface area contributed by atoms with E-state index in [0.717, 1.165) is 12.8 Å². The molecule has 0 amide bonds. The van der Waals surface area contributed by atoms with E-state index in [0.29, 0.717) is 6.54 Å². The van der Waals surface area contributed by atoms with Crippen LogP contribution in [0.25, 0.3) is 0 Å². The Kier molecular flexibility index (Phi) is 6.47. The highest BCUT2D eigenvalue weighted by atomic mass is 16.8. The van der Waals surface area contributed by atoms with Gasteiger partial charge < -0.3 is 9.94 Å². The van der Waals surface area contributed by atoms with Crippen LogP contribution in [0.15, 0.2) is 0 Å². The highest BCUT2D eigenvalue weighted by Crippen LogP contribution is 2.00. The zero-order chi connectivity index (χ0) is 9.40. The minimum atomic E-state index is -1.24. The van der Waals surface area contributed by atoms with Gasteiger partial charge in [-0.05, 0) is 6.42 Å². The molecular formula is C8H17NO3. The summed E-state index contributed by atoms with van der Waals surface area (Å²) in [4.78, 5) is 14.4. The van der Waals surface area contributed by atoms with Gasteiger partial charge in [0.15, 0.2) is 0 Å². The van der Waals surface area contributed by atoms with Crippen LogP contribution < -0.4 is 0 Å². The number of unbranched alkanes of at least 4 members (excludes halogenated alkanes) is 3. The molecule has 0 radical (unpaired) electrons. The predicted molar refractivity (Wildman–Crippen MR) is 45.9 cm³/mol. The van der Waals surface area contributed by atoms with Gasteiger partial charge in [0.2, 0.25) is 0 Å². The molecule has 0 unspecified atom stereocenters. The normalized spacial score (nSPS) is 10.2. The second-order valence-corrected chi connectivity index (χ2v) is 2.77. The van der Waals surface area contributed by atoms with Gasteiger partial charge in [-0.1, -0.05) is 26.2 Å². The van der Waals surface area contributed by atoms with E-state index in [1.54, 1.807) is 7.05 Å².